The lowest BCUT2D eigenvalue weighted by atomic mass is 10.0. The van der Waals surface area contributed by atoms with E-state index in [2.05, 4.69) is 15.4 Å². The van der Waals surface area contributed by atoms with Gasteiger partial charge in [0.1, 0.15) is 5.75 Å². The first kappa shape index (κ1) is 28.1. The highest BCUT2D eigenvalue weighted by Gasteiger charge is 2.32. The number of benzene rings is 3. The molecule has 0 saturated carbocycles. The average Bonchev–Trinajstić information content (AvgIpc) is 2.76. The van der Waals surface area contributed by atoms with Crippen LogP contribution in [0.1, 0.15) is 15.9 Å². The predicted molar refractivity (Wildman–Crippen MR) is 133 cm³/mol. The van der Waals surface area contributed by atoms with Crippen molar-refractivity contribution in [1.82, 2.24) is 10.0 Å². The number of hydrogen-bond donors (Lipinski definition) is 3. The lowest BCUT2D eigenvalue weighted by Crippen LogP contribution is -2.29. The van der Waals surface area contributed by atoms with Crippen molar-refractivity contribution in [2.24, 2.45) is 0 Å². The Balaban J connectivity index is 1.67. The maximum Gasteiger partial charge on any atom is 0.573 e. The van der Waals surface area contributed by atoms with E-state index in [1.54, 1.807) is 0 Å². The van der Waals surface area contributed by atoms with E-state index in [1.165, 1.54) is 54.6 Å². The van der Waals surface area contributed by atoms with Crippen LogP contribution in [0, 0.1) is 0 Å². The second-order valence-electron chi connectivity index (χ2n) is 7.57. The normalized spacial score (nSPS) is 11.5. The zero-order chi connectivity index (χ0) is 27.4. The summed E-state index contributed by atoms with van der Waals surface area (Å²) in [6.45, 7) is 0.0571. The van der Waals surface area contributed by atoms with Crippen molar-refractivity contribution < 1.29 is 35.9 Å². The number of sulfonamides is 1. The standard InChI is InChI=1S/C23H18Cl2F3N3O5S/c1-37(34,35)31-21(32)14-8-6-13(7-9-14)12-29-22(33)30-15-10-17(24)20(18(25)11-15)16-4-2-3-5-19(16)36-23(26,27)28/h2-11H,12H2,1H3,(H,31,32)(H2,29,30,33). The number of anilines is 1. The van der Waals surface area contributed by atoms with Crippen molar-refractivity contribution in [1.29, 1.82) is 0 Å². The molecule has 37 heavy (non-hydrogen) atoms. The number of carbonyl (C=O) groups excluding carboxylic acids is 2. The zero-order valence-electron chi connectivity index (χ0n) is 18.8. The van der Waals surface area contributed by atoms with Gasteiger partial charge in [0.25, 0.3) is 5.91 Å². The Bertz CT molecular complexity index is 1410. The predicted octanol–water partition coefficient (Wildman–Crippen LogP) is 5.57. The van der Waals surface area contributed by atoms with E-state index >= 15 is 0 Å². The third-order valence-electron chi connectivity index (χ3n) is 4.63. The van der Waals surface area contributed by atoms with Crippen LogP contribution in [0.4, 0.5) is 23.7 Å². The summed E-state index contributed by atoms with van der Waals surface area (Å²) in [5.74, 6) is -1.28. The van der Waals surface area contributed by atoms with Crippen molar-refractivity contribution in [3.8, 4) is 16.9 Å². The number of rotatable bonds is 7. The number of hydrogen-bond acceptors (Lipinski definition) is 5. The summed E-state index contributed by atoms with van der Waals surface area (Å²) in [4.78, 5) is 24.2. The van der Waals surface area contributed by atoms with Crippen LogP contribution in [0.3, 0.4) is 0 Å². The molecule has 196 valence electrons. The molecule has 3 N–H and O–H groups in total. The summed E-state index contributed by atoms with van der Waals surface area (Å²) in [5.41, 5.74) is 1.01. The summed E-state index contributed by atoms with van der Waals surface area (Å²) in [6.07, 6.45) is -4.06. The van der Waals surface area contributed by atoms with E-state index < -0.39 is 34.1 Å². The lowest BCUT2D eigenvalue weighted by molar-refractivity contribution is -0.274. The third kappa shape index (κ3) is 8.27. The maximum atomic E-state index is 12.8. The fourth-order valence-electron chi connectivity index (χ4n) is 3.15. The fourth-order valence-corrected chi connectivity index (χ4v) is 4.29. The molecule has 0 unspecified atom stereocenters. The van der Waals surface area contributed by atoms with Crippen molar-refractivity contribution in [2.75, 3.05) is 11.6 Å². The Hall–Kier alpha value is -3.48. The van der Waals surface area contributed by atoms with Crippen LogP contribution >= 0.6 is 23.2 Å². The molecular weight excluding hydrogens is 558 g/mol. The Kier molecular flexibility index (Phi) is 8.57. The van der Waals surface area contributed by atoms with Crippen LogP contribution in [0.5, 0.6) is 5.75 Å². The highest BCUT2D eigenvalue weighted by atomic mass is 35.5. The first-order valence-electron chi connectivity index (χ1n) is 10.2. The van der Waals surface area contributed by atoms with Crippen LogP contribution in [-0.2, 0) is 16.6 Å². The van der Waals surface area contributed by atoms with Gasteiger partial charge in [-0.05, 0) is 35.9 Å². The number of amides is 3. The minimum absolute atomic E-state index is 0.0134. The van der Waals surface area contributed by atoms with E-state index in [4.69, 9.17) is 23.2 Å². The molecule has 3 aromatic carbocycles. The number of halogens is 5. The van der Waals surface area contributed by atoms with Gasteiger partial charge in [-0.25, -0.2) is 17.9 Å². The van der Waals surface area contributed by atoms with E-state index in [1.807, 2.05) is 4.72 Å². The first-order valence-corrected chi connectivity index (χ1v) is 12.9. The Labute approximate surface area is 219 Å². The van der Waals surface area contributed by atoms with Gasteiger partial charge in [-0.15, -0.1) is 13.2 Å². The molecule has 0 aliphatic rings. The second kappa shape index (κ2) is 11.3. The SMILES string of the molecule is CS(=O)(=O)NC(=O)c1ccc(CNC(=O)Nc2cc(Cl)c(-c3ccccc3OC(F)(F)F)c(Cl)c2)cc1. The highest BCUT2D eigenvalue weighted by molar-refractivity contribution is 7.89. The minimum atomic E-state index is -4.92. The van der Waals surface area contributed by atoms with Crippen molar-refractivity contribution >= 4 is 50.9 Å². The van der Waals surface area contributed by atoms with E-state index in [0.717, 1.165) is 12.3 Å². The van der Waals surface area contributed by atoms with Gasteiger partial charge in [0.15, 0.2) is 0 Å². The van der Waals surface area contributed by atoms with Gasteiger partial charge in [0.2, 0.25) is 10.0 Å². The van der Waals surface area contributed by atoms with E-state index in [0.29, 0.717) is 5.56 Å². The number of carbonyl (C=O) groups is 2. The third-order valence-corrected chi connectivity index (χ3v) is 5.78. The van der Waals surface area contributed by atoms with Gasteiger partial charge in [-0.1, -0.05) is 53.5 Å². The van der Waals surface area contributed by atoms with Crippen LogP contribution in [0.2, 0.25) is 10.0 Å². The quantitative estimate of drug-likeness (QED) is 0.341. The number of ether oxygens (including phenoxy) is 1. The Morgan fingerprint density at radius 1 is 0.973 bits per heavy atom. The second-order valence-corrected chi connectivity index (χ2v) is 10.1. The van der Waals surface area contributed by atoms with Gasteiger partial charge < -0.3 is 15.4 Å². The Morgan fingerprint density at radius 2 is 1.57 bits per heavy atom. The van der Waals surface area contributed by atoms with Gasteiger partial charge in [0.05, 0.1) is 16.3 Å². The molecule has 14 heteroatoms. The maximum absolute atomic E-state index is 12.8. The summed E-state index contributed by atoms with van der Waals surface area (Å²) in [7, 11) is -3.70. The van der Waals surface area contributed by atoms with Crippen LogP contribution in [-0.4, -0.2) is 33.0 Å². The van der Waals surface area contributed by atoms with Crippen LogP contribution in [0.25, 0.3) is 11.1 Å². The number of nitrogens with one attached hydrogen (secondary N) is 3. The minimum Gasteiger partial charge on any atom is -0.405 e. The first-order chi connectivity index (χ1) is 17.2. The van der Waals surface area contributed by atoms with Crippen molar-refractivity contribution in [3.63, 3.8) is 0 Å². The molecule has 0 spiro atoms. The Morgan fingerprint density at radius 3 is 2.14 bits per heavy atom. The fraction of sp³-hybridized carbons (Fsp3) is 0.130. The summed E-state index contributed by atoms with van der Waals surface area (Å²) in [5, 5.41) is 5.05. The lowest BCUT2D eigenvalue weighted by Gasteiger charge is -2.16. The molecule has 3 rings (SSSR count). The molecule has 3 aromatic rings. The molecule has 0 radical (unpaired) electrons. The van der Waals surface area contributed by atoms with Gasteiger partial charge in [-0.3, -0.25) is 4.79 Å². The monoisotopic (exact) mass is 575 g/mol. The van der Waals surface area contributed by atoms with Crippen molar-refractivity contribution in [3.05, 3.63) is 81.8 Å². The molecule has 0 aromatic heterocycles. The van der Waals surface area contributed by atoms with Gasteiger partial charge in [-0.2, -0.15) is 0 Å². The number of alkyl halides is 3. The molecule has 0 aliphatic heterocycles. The van der Waals surface area contributed by atoms with Crippen LogP contribution in [0.15, 0.2) is 60.7 Å². The molecular formula is C23H18Cl2F3N3O5S. The average molecular weight is 576 g/mol. The van der Waals surface area contributed by atoms with Gasteiger partial charge >= 0.3 is 12.4 Å². The van der Waals surface area contributed by atoms with Gasteiger partial charge in [0, 0.05) is 28.9 Å². The molecule has 0 saturated heterocycles. The summed E-state index contributed by atoms with van der Waals surface area (Å²) < 4.78 is 66.5. The molecule has 0 fully saturated rings. The number of para-hydroxylation sites is 1. The van der Waals surface area contributed by atoms with Crippen LogP contribution < -0.4 is 20.1 Å². The molecule has 0 heterocycles. The molecule has 0 atom stereocenters. The topological polar surface area (TPSA) is 114 Å². The molecule has 8 nitrogen and oxygen atoms in total. The smallest absolute Gasteiger partial charge is 0.405 e. The summed E-state index contributed by atoms with van der Waals surface area (Å²) in [6, 6.07) is 13.2. The van der Waals surface area contributed by atoms with Crippen molar-refractivity contribution in [2.45, 2.75) is 12.9 Å². The highest BCUT2D eigenvalue weighted by Crippen LogP contribution is 2.42. The van der Waals surface area contributed by atoms with E-state index in [9.17, 15) is 31.2 Å². The number of urea groups is 1. The molecule has 0 bridgehead atoms. The van der Waals surface area contributed by atoms with E-state index in [-0.39, 0.29) is 39.0 Å². The zero-order valence-corrected chi connectivity index (χ0v) is 21.1. The summed E-state index contributed by atoms with van der Waals surface area (Å²) >= 11 is 12.6. The molecule has 0 aliphatic carbocycles. The molecule has 3 amide bonds. The largest absolute Gasteiger partial charge is 0.573 e.